The summed E-state index contributed by atoms with van der Waals surface area (Å²) in [4.78, 5) is 49.4. The molecule has 3 unspecified atom stereocenters. The number of amides is 3. The summed E-state index contributed by atoms with van der Waals surface area (Å²) in [5, 5.41) is 10.7. The fraction of sp³-hybridized carbons (Fsp3) is 0.472. The minimum Gasteiger partial charge on any atom is -0.394 e. The Morgan fingerprint density at radius 1 is 1.05 bits per heavy atom. The van der Waals surface area contributed by atoms with Crippen LogP contribution in [0.5, 0.6) is 0 Å². The zero-order chi connectivity index (χ0) is 31.4. The van der Waals surface area contributed by atoms with Crippen LogP contribution in [0.15, 0.2) is 86.0 Å². The summed E-state index contributed by atoms with van der Waals surface area (Å²) in [5.41, 5.74) is 1.78. The fourth-order valence-corrected chi connectivity index (χ4v) is 10.2. The molecule has 3 aliphatic heterocycles. The number of likely N-dealkylation sites (tertiary alicyclic amines) is 1. The predicted molar refractivity (Wildman–Crippen MR) is 176 cm³/mol. The maximum Gasteiger partial charge on any atom is 0.247 e. The summed E-state index contributed by atoms with van der Waals surface area (Å²) in [6, 6.07) is 17.8. The van der Waals surface area contributed by atoms with Crippen molar-refractivity contribution in [2.24, 2.45) is 17.8 Å². The average Bonchev–Trinajstić information content (AvgIpc) is 3.63. The van der Waals surface area contributed by atoms with Crippen LogP contribution >= 0.6 is 11.8 Å². The highest BCUT2D eigenvalue weighted by molar-refractivity contribution is 8.02. The number of carbonyl (C=O) groups is 3. The molecule has 3 aliphatic rings. The van der Waals surface area contributed by atoms with E-state index in [1.807, 2.05) is 65.6 Å². The summed E-state index contributed by atoms with van der Waals surface area (Å²) < 4.78 is -0.778. The first-order valence-corrected chi connectivity index (χ1v) is 16.7. The molecule has 7 nitrogen and oxygen atoms in total. The Hall–Kier alpha value is -3.36. The number of hydrogen-bond donors (Lipinski definition) is 1. The van der Waals surface area contributed by atoms with Gasteiger partial charge in [0, 0.05) is 31.4 Å². The Bertz CT molecular complexity index is 1350. The quantitative estimate of drug-likeness (QED) is 0.300. The molecule has 44 heavy (non-hydrogen) atoms. The van der Waals surface area contributed by atoms with Crippen LogP contribution < -0.4 is 0 Å². The van der Waals surface area contributed by atoms with Crippen LogP contribution in [0.2, 0.25) is 0 Å². The first kappa shape index (κ1) is 32.0. The second-order valence-corrected chi connectivity index (χ2v) is 13.9. The average molecular weight is 616 g/mol. The lowest BCUT2D eigenvalue weighted by Gasteiger charge is -2.42. The SMILES string of the molecule is C=CCN(CCCC)C(=O)C1N([C@H](CO)c2ccccc2)C(=O)[C@@H]2[C@H](C(=O)N(CC=C)Cc3ccccc3)[C@@H]3CC(C)C12S3. The predicted octanol–water partition coefficient (Wildman–Crippen LogP) is 5.09. The highest BCUT2D eigenvalue weighted by Gasteiger charge is 2.77. The van der Waals surface area contributed by atoms with Crippen molar-refractivity contribution in [3.63, 3.8) is 0 Å². The van der Waals surface area contributed by atoms with Crippen molar-refractivity contribution in [2.45, 2.75) is 61.7 Å². The molecule has 0 radical (unpaired) electrons. The van der Waals surface area contributed by atoms with Crippen molar-refractivity contribution in [1.82, 2.24) is 14.7 Å². The van der Waals surface area contributed by atoms with E-state index in [1.165, 1.54) is 0 Å². The summed E-state index contributed by atoms with van der Waals surface area (Å²) in [6.07, 6.45) is 5.97. The molecule has 2 bridgehead atoms. The second kappa shape index (κ2) is 13.7. The van der Waals surface area contributed by atoms with E-state index in [1.54, 1.807) is 33.7 Å². The van der Waals surface area contributed by atoms with Crippen molar-refractivity contribution < 1.29 is 19.5 Å². The summed E-state index contributed by atoms with van der Waals surface area (Å²) >= 11 is 1.67. The molecule has 3 saturated heterocycles. The zero-order valence-electron chi connectivity index (χ0n) is 25.9. The maximum absolute atomic E-state index is 14.9. The van der Waals surface area contributed by atoms with E-state index in [4.69, 9.17) is 0 Å². The molecule has 2 aromatic carbocycles. The number of fused-ring (bicyclic) bond motifs is 1. The van der Waals surface area contributed by atoms with E-state index in [0.717, 1.165) is 30.4 Å². The molecule has 0 aliphatic carbocycles. The number of benzene rings is 2. The third kappa shape index (κ3) is 5.51. The van der Waals surface area contributed by atoms with Crippen molar-refractivity contribution in [1.29, 1.82) is 0 Å². The minimum absolute atomic E-state index is 0.0308. The fourth-order valence-electron chi connectivity index (χ4n) is 7.76. The van der Waals surface area contributed by atoms with Gasteiger partial charge in [0.1, 0.15) is 6.04 Å². The lowest BCUT2D eigenvalue weighted by Crippen LogP contribution is -2.58. The van der Waals surface area contributed by atoms with E-state index in [0.29, 0.717) is 26.2 Å². The Morgan fingerprint density at radius 2 is 1.68 bits per heavy atom. The minimum atomic E-state index is -0.807. The largest absolute Gasteiger partial charge is 0.394 e. The van der Waals surface area contributed by atoms with Gasteiger partial charge in [-0.3, -0.25) is 14.4 Å². The number of carbonyl (C=O) groups excluding carboxylic acids is 3. The second-order valence-electron chi connectivity index (χ2n) is 12.3. The first-order chi connectivity index (χ1) is 21.3. The Balaban J connectivity index is 1.60. The van der Waals surface area contributed by atoms with Crippen LogP contribution in [-0.2, 0) is 20.9 Å². The monoisotopic (exact) mass is 615 g/mol. The molecule has 3 heterocycles. The highest BCUT2D eigenvalue weighted by atomic mass is 32.2. The van der Waals surface area contributed by atoms with Crippen molar-refractivity contribution in [3.8, 4) is 0 Å². The van der Waals surface area contributed by atoms with Crippen LogP contribution in [-0.4, -0.2) is 79.8 Å². The van der Waals surface area contributed by atoms with E-state index in [9.17, 15) is 19.5 Å². The van der Waals surface area contributed by atoms with Gasteiger partial charge in [-0.15, -0.1) is 24.9 Å². The van der Waals surface area contributed by atoms with Gasteiger partial charge in [-0.2, -0.15) is 0 Å². The van der Waals surface area contributed by atoms with Gasteiger partial charge in [0.15, 0.2) is 0 Å². The molecule has 0 saturated carbocycles. The maximum atomic E-state index is 14.9. The number of thioether (sulfide) groups is 1. The van der Waals surface area contributed by atoms with Crippen molar-refractivity contribution in [2.75, 3.05) is 26.2 Å². The van der Waals surface area contributed by atoms with Crippen LogP contribution in [0.3, 0.4) is 0 Å². The van der Waals surface area contributed by atoms with Crippen LogP contribution in [0.4, 0.5) is 0 Å². The Kier molecular flexibility index (Phi) is 10.0. The zero-order valence-corrected chi connectivity index (χ0v) is 26.7. The molecule has 2 aromatic rings. The third-order valence-electron chi connectivity index (χ3n) is 9.72. The first-order valence-electron chi connectivity index (χ1n) is 15.8. The smallest absolute Gasteiger partial charge is 0.247 e. The molecule has 1 N–H and O–H groups in total. The number of aliphatic hydroxyl groups excluding tert-OH is 1. The van der Waals surface area contributed by atoms with Gasteiger partial charge in [-0.1, -0.05) is 93.1 Å². The Morgan fingerprint density at radius 3 is 2.30 bits per heavy atom. The standard InChI is InChI=1S/C36H45N3O4S/c1-5-8-21-37(19-6-2)35(43)32-36-25(4)22-29(44-36)30(33(41)38(20-7-3)23-26-15-11-9-12-16-26)31(36)34(42)39(32)28(24-40)27-17-13-10-14-18-27/h6-7,9-18,25,28-32,40H,2-3,5,8,19-24H2,1,4H3/t25?,28-,29+,30-,31+,32?,36?/m1/s1. The van der Waals surface area contributed by atoms with Crippen molar-refractivity contribution >= 4 is 29.5 Å². The molecule has 3 amide bonds. The third-order valence-corrected chi connectivity index (χ3v) is 11.8. The molecule has 1 spiro atoms. The Labute approximate surface area is 266 Å². The molecule has 8 heteroatoms. The van der Waals surface area contributed by atoms with Gasteiger partial charge >= 0.3 is 0 Å². The molecular weight excluding hydrogens is 570 g/mol. The van der Waals surface area contributed by atoms with Gasteiger partial charge in [0.2, 0.25) is 17.7 Å². The van der Waals surface area contributed by atoms with Gasteiger partial charge in [0.25, 0.3) is 0 Å². The van der Waals surface area contributed by atoms with Crippen LogP contribution in [0, 0.1) is 17.8 Å². The van der Waals surface area contributed by atoms with Crippen molar-refractivity contribution in [3.05, 3.63) is 97.1 Å². The highest BCUT2D eigenvalue weighted by Crippen LogP contribution is 2.69. The summed E-state index contributed by atoms with van der Waals surface area (Å²) in [5.74, 6) is -1.60. The lowest BCUT2D eigenvalue weighted by molar-refractivity contribution is -0.147. The number of unbranched alkanes of at least 4 members (excludes halogenated alkanes) is 1. The number of nitrogens with zero attached hydrogens (tertiary/aromatic N) is 3. The molecule has 3 fully saturated rings. The topological polar surface area (TPSA) is 81.2 Å². The molecular formula is C36H45N3O4S. The van der Waals surface area contributed by atoms with Gasteiger partial charge in [-0.25, -0.2) is 0 Å². The molecule has 7 atom stereocenters. The normalized spacial score (nSPS) is 27.6. The van der Waals surface area contributed by atoms with Gasteiger partial charge in [0.05, 0.1) is 29.2 Å². The lowest BCUT2D eigenvalue weighted by atomic mass is 9.65. The molecule has 0 aromatic heterocycles. The van der Waals surface area contributed by atoms with E-state index in [2.05, 4.69) is 27.0 Å². The van der Waals surface area contributed by atoms with Gasteiger partial charge in [-0.05, 0) is 29.9 Å². The molecule has 5 rings (SSSR count). The number of aliphatic hydroxyl groups is 1. The van der Waals surface area contributed by atoms with E-state index in [-0.39, 0.29) is 35.5 Å². The number of rotatable bonds is 14. The van der Waals surface area contributed by atoms with Crippen LogP contribution in [0.25, 0.3) is 0 Å². The molecule has 234 valence electrons. The van der Waals surface area contributed by atoms with E-state index >= 15 is 0 Å². The summed E-state index contributed by atoms with van der Waals surface area (Å²) in [7, 11) is 0. The van der Waals surface area contributed by atoms with Crippen LogP contribution in [0.1, 0.15) is 50.3 Å². The van der Waals surface area contributed by atoms with E-state index < -0.39 is 28.7 Å². The number of hydrogen-bond acceptors (Lipinski definition) is 5. The summed E-state index contributed by atoms with van der Waals surface area (Å²) in [6.45, 7) is 13.4. The van der Waals surface area contributed by atoms with Gasteiger partial charge < -0.3 is 19.8 Å².